The lowest BCUT2D eigenvalue weighted by Crippen LogP contribution is -2.50. The molecule has 0 saturated carbocycles. The summed E-state index contributed by atoms with van der Waals surface area (Å²) in [6.07, 6.45) is 0.317. The van der Waals surface area contributed by atoms with Crippen LogP contribution in [0.25, 0.3) is 10.6 Å². The molecule has 7 heteroatoms. The second kappa shape index (κ2) is 9.65. The number of hydrogen-bond acceptors (Lipinski definition) is 5. The van der Waals surface area contributed by atoms with Gasteiger partial charge in [0.15, 0.2) is 0 Å². The third kappa shape index (κ3) is 5.31. The van der Waals surface area contributed by atoms with Gasteiger partial charge >= 0.3 is 0 Å². The van der Waals surface area contributed by atoms with E-state index >= 15 is 0 Å². The van der Waals surface area contributed by atoms with Crippen LogP contribution in [0.1, 0.15) is 5.69 Å². The largest absolute Gasteiger partial charge is 0.340 e. The molecule has 1 aromatic heterocycles. The average molecular weight is 421 g/mol. The number of nitrogens with one attached hydrogen (secondary N) is 1. The summed E-state index contributed by atoms with van der Waals surface area (Å²) < 4.78 is 0. The number of hydrogen-bond donors (Lipinski definition) is 1. The number of para-hydroxylation sites is 1. The highest BCUT2D eigenvalue weighted by molar-refractivity contribution is 7.13. The molecule has 1 fully saturated rings. The zero-order valence-corrected chi connectivity index (χ0v) is 17.5. The fourth-order valence-electron chi connectivity index (χ4n) is 3.45. The van der Waals surface area contributed by atoms with Gasteiger partial charge in [0.1, 0.15) is 5.01 Å². The topological polar surface area (TPSA) is 65.5 Å². The van der Waals surface area contributed by atoms with E-state index in [1.165, 1.54) is 0 Å². The van der Waals surface area contributed by atoms with Crippen LogP contribution in [0.5, 0.6) is 0 Å². The highest BCUT2D eigenvalue weighted by Crippen LogP contribution is 2.23. The normalized spacial score (nSPS) is 14.5. The van der Waals surface area contributed by atoms with Crippen molar-refractivity contribution in [3.05, 3.63) is 71.7 Å². The van der Waals surface area contributed by atoms with Crippen molar-refractivity contribution in [1.29, 1.82) is 0 Å². The molecule has 0 aliphatic carbocycles. The lowest BCUT2D eigenvalue weighted by atomic mass is 10.2. The standard InChI is InChI=1S/C23H24N4O2S/c28-21(24-19-9-5-2-6-10-19)16-26-11-13-27(14-12-26)22(29)15-20-17-30-23(25-20)18-7-3-1-4-8-18/h1-10,17H,11-16H2,(H,24,28). The van der Waals surface area contributed by atoms with Crippen LogP contribution in [0, 0.1) is 0 Å². The quantitative estimate of drug-likeness (QED) is 0.665. The summed E-state index contributed by atoms with van der Waals surface area (Å²) >= 11 is 1.56. The molecule has 0 unspecified atom stereocenters. The second-order valence-electron chi connectivity index (χ2n) is 7.26. The van der Waals surface area contributed by atoms with Crippen molar-refractivity contribution in [2.45, 2.75) is 6.42 Å². The van der Waals surface area contributed by atoms with Crippen LogP contribution >= 0.6 is 11.3 Å². The Morgan fingerprint density at radius 1 is 0.933 bits per heavy atom. The van der Waals surface area contributed by atoms with Crippen molar-refractivity contribution in [3.8, 4) is 10.6 Å². The number of aromatic nitrogens is 1. The molecule has 1 saturated heterocycles. The van der Waals surface area contributed by atoms with Gasteiger partial charge in [-0.15, -0.1) is 11.3 Å². The zero-order valence-electron chi connectivity index (χ0n) is 16.7. The minimum absolute atomic E-state index is 0.0307. The van der Waals surface area contributed by atoms with Crippen LogP contribution in [0.15, 0.2) is 66.0 Å². The zero-order chi connectivity index (χ0) is 20.8. The summed E-state index contributed by atoms with van der Waals surface area (Å²) in [5, 5.41) is 5.80. The van der Waals surface area contributed by atoms with E-state index in [0.717, 1.165) is 22.0 Å². The van der Waals surface area contributed by atoms with E-state index in [9.17, 15) is 9.59 Å². The molecule has 1 N–H and O–H groups in total. The van der Waals surface area contributed by atoms with Crippen molar-refractivity contribution in [3.63, 3.8) is 0 Å². The molecule has 4 rings (SSSR count). The number of benzene rings is 2. The number of rotatable bonds is 6. The maximum atomic E-state index is 12.7. The van der Waals surface area contributed by atoms with Crippen molar-refractivity contribution in [2.75, 3.05) is 38.0 Å². The van der Waals surface area contributed by atoms with Crippen LogP contribution in [-0.4, -0.2) is 59.3 Å². The second-order valence-corrected chi connectivity index (χ2v) is 8.12. The Bertz CT molecular complexity index is 983. The molecule has 3 aromatic rings. The Hall–Kier alpha value is -3.03. The summed E-state index contributed by atoms with van der Waals surface area (Å²) in [4.78, 5) is 33.5. The van der Waals surface area contributed by atoms with Crippen molar-refractivity contribution >= 4 is 28.8 Å². The predicted molar refractivity (Wildman–Crippen MR) is 119 cm³/mol. The first-order chi connectivity index (χ1) is 14.7. The van der Waals surface area contributed by atoms with Crippen LogP contribution in [0.4, 0.5) is 5.69 Å². The van der Waals surface area contributed by atoms with Gasteiger partial charge in [-0.3, -0.25) is 14.5 Å². The van der Waals surface area contributed by atoms with E-state index in [1.54, 1.807) is 11.3 Å². The number of nitrogens with zero attached hydrogens (tertiary/aromatic N) is 3. The fraction of sp³-hybridized carbons (Fsp3) is 0.261. The van der Waals surface area contributed by atoms with E-state index in [4.69, 9.17) is 0 Å². The van der Waals surface area contributed by atoms with E-state index in [-0.39, 0.29) is 11.8 Å². The summed E-state index contributed by atoms with van der Waals surface area (Å²) in [5.41, 5.74) is 2.69. The van der Waals surface area contributed by atoms with Gasteiger partial charge in [0.2, 0.25) is 11.8 Å². The SMILES string of the molecule is O=C(CN1CCN(C(=O)Cc2csc(-c3ccccc3)n2)CC1)Nc1ccccc1. The first-order valence-corrected chi connectivity index (χ1v) is 10.9. The number of carbonyl (C=O) groups excluding carboxylic acids is 2. The Balaban J connectivity index is 1.24. The summed E-state index contributed by atoms with van der Waals surface area (Å²) in [5.74, 6) is 0.0604. The lowest BCUT2D eigenvalue weighted by Gasteiger charge is -2.34. The van der Waals surface area contributed by atoms with Gasteiger partial charge in [0.05, 0.1) is 18.7 Å². The molecular formula is C23H24N4O2S. The number of thiazole rings is 1. The molecule has 30 heavy (non-hydrogen) atoms. The first-order valence-electron chi connectivity index (χ1n) is 10.0. The van der Waals surface area contributed by atoms with Crippen LogP contribution in [0.3, 0.4) is 0 Å². The van der Waals surface area contributed by atoms with Gasteiger partial charge in [-0.1, -0.05) is 48.5 Å². The molecule has 1 aliphatic heterocycles. The first kappa shape index (κ1) is 20.3. The summed E-state index contributed by atoms with van der Waals surface area (Å²) in [6, 6.07) is 19.5. The van der Waals surface area contributed by atoms with Gasteiger partial charge in [-0.2, -0.15) is 0 Å². The van der Waals surface area contributed by atoms with Crippen LogP contribution in [-0.2, 0) is 16.0 Å². The highest BCUT2D eigenvalue weighted by atomic mass is 32.1. The van der Waals surface area contributed by atoms with E-state index in [0.29, 0.717) is 39.1 Å². The summed E-state index contributed by atoms with van der Waals surface area (Å²) in [7, 11) is 0. The third-order valence-corrected chi connectivity index (χ3v) is 5.99. The fourth-order valence-corrected chi connectivity index (χ4v) is 4.27. The minimum atomic E-state index is -0.0307. The lowest BCUT2D eigenvalue weighted by molar-refractivity contribution is -0.132. The van der Waals surface area contributed by atoms with Crippen LogP contribution in [0.2, 0.25) is 0 Å². The number of carbonyl (C=O) groups is 2. The predicted octanol–water partition coefficient (Wildman–Crippen LogP) is 3.14. The maximum Gasteiger partial charge on any atom is 0.238 e. The van der Waals surface area contributed by atoms with Gasteiger partial charge in [0, 0.05) is 42.8 Å². The molecular weight excluding hydrogens is 396 g/mol. The maximum absolute atomic E-state index is 12.7. The number of anilines is 1. The Morgan fingerprint density at radius 3 is 2.30 bits per heavy atom. The monoisotopic (exact) mass is 420 g/mol. The Kier molecular flexibility index (Phi) is 6.51. The van der Waals surface area contributed by atoms with Gasteiger partial charge in [0.25, 0.3) is 0 Å². The molecule has 154 valence electrons. The number of amides is 2. The van der Waals surface area contributed by atoms with E-state index in [1.807, 2.05) is 70.9 Å². The number of piperazine rings is 1. The van der Waals surface area contributed by atoms with E-state index < -0.39 is 0 Å². The minimum Gasteiger partial charge on any atom is -0.340 e. The highest BCUT2D eigenvalue weighted by Gasteiger charge is 2.23. The molecule has 0 spiro atoms. The molecule has 6 nitrogen and oxygen atoms in total. The molecule has 2 heterocycles. The molecule has 0 radical (unpaired) electrons. The molecule has 2 aromatic carbocycles. The average Bonchev–Trinajstić information content (AvgIpc) is 3.24. The smallest absolute Gasteiger partial charge is 0.238 e. The Morgan fingerprint density at radius 2 is 1.60 bits per heavy atom. The van der Waals surface area contributed by atoms with E-state index in [2.05, 4.69) is 15.2 Å². The van der Waals surface area contributed by atoms with Crippen molar-refractivity contribution in [2.24, 2.45) is 0 Å². The third-order valence-electron chi connectivity index (χ3n) is 5.05. The Labute approximate surface area is 180 Å². The summed E-state index contributed by atoms with van der Waals surface area (Å²) in [6.45, 7) is 2.99. The van der Waals surface area contributed by atoms with Crippen LogP contribution < -0.4 is 5.32 Å². The van der Waals surface area contributed by atoms with Gasteiger partial charge in [-0.25, -0.2) is 4.98 Å². The van der Waals surface area contributed by atoms with Gasteiger partial charge in [-0.05, 0) is 12.1 Å². The van der Waals surface area contributed by atoms with Crippen molar-refractivity contribution in [1.82, 2.24) is 14.8 Å². The molecule has 0 bridgehead atoms. The van der Waals surface area contributed by atoms with Crippen molar-refractivity contribution < 1.29 is 9.59 Å². The van der Waals surface area contributed by atoms with Gasteiger partial charge < -0.3 is 10.2 Å². The molecule has 1 aliphatic rings. The molecule has 2 amide bonds. The molecule has 0 atom stereocenters.